The van der Waals surface area contributed by atoms with Gasteiger partial charge in [-0.2, -0.15) is 4.98 Å². The van der Waals surface area contributed by atoms with E-state index >= 15 is 0 Å². The smallest absolute Gasteiger partial charge is 0.316 e. The second-order valence-corrected chi connectivity index (χ2v) is 3.95. The Balaban J connectivity index is 2.49. The first-order chi connectivity index (χ1) is 9.17. The Morgan fingerprint density at radius 3 is 2.21 bits per heavy atom. The number of aryl methyl sites for hydroxylation is 1. The average Bonchev–Trinajstić information content (AvgIpc) is 2.45. The third-order valence-electron chi connectivity index (χ3n) is 2.70. The molecule has 0 radical (unpaired) electrons. The number of benzene rings is 1. The largest absolute Gasteiger partial charge is 0.493 e. The molecule has 0 aliphatic rings. The fourth-order valence-corrected chi connectivity index (χ4v) is 1.78. The molecule has 0 aliphatic heterocycles. The zero-order chi connectivity index (χ0) is 13.8. The predicted molar refractivity (Wildman–Crippen MR) is 71.9 cm³/mol. The van der Waals surface area contributed by atoms with Gasteiger partial charge >= 0.3 is 6.01 Å². The monoisotopic (exact) mass is 260 g/mol. The van der Waals surface area contributed by atoms with E-state index in [4.69, 9.17) is 14.2 Å². The van der Waals surface area contributed by atoms with Gasteiger partial charge in [-0.25, -0.2) is 4.98 Å². The van der Waals surface area contributed by atoms with Gasteiger partial charge in [0.2, 0.25) is 0 Å². The lowest BCUT2D eigenvalue weighted by molar-refractivity contribution is 0.355. The first kappa shape index (κ1) is 13.1. The Morgan fingerprint density at radius 2 is 1.58 bits per heavy atom. The summed E-state index contributed by atoms with van der Waals surface area (Å²) in [6.07, 6.45) is 0. The van der Waals surface area contributed by atoms with Crippen LogP contribution in [0.1, 0.15) is 5.69 Å². The van der Waals surface area contributed by atoms with E-state index in [1.165, 1.54) is 0 Å². The van der Waals surface area contributed by atoms with Crippen LogP contribution in [0.25, 0.3) is 11.3 Å². The van der Waals surface area contributed by atoms with Crippen molar-refractivity contribution in [2.75, 3.05) is 21.3 Å². The minimum atomic E-state index is 0.352. The van der Waals surface area contributed by atoms with E-state index < -0.39 is 0 Å². The highest BCUT2D eigenvalue weighted by molar-refractivity contribution is 5.64. The van der Waals surface area contributed by atoms with E-state index in [0.717, 1.165) is 17.0 Å². The molecule has 0 fully saturated rings. The van der Waals surface area contributed by atoms with Gasteiger partial charge in [0, 0.05) is 11.3 Å². The highest BCUT2D eigenvalue weighted by Gasteiger charge is 2.09. The molecule has 100 valence electrons. The Labute approximate surface area is 112 Å². The van der Waals surface area contributed by atoms with E-state index in [0.29, 0.717) is 17.5 Å². The third-order valence-corrected chi connectivity index (χ3v) is 2.70. The summed E-state index contributed by atoms with van der Waals surface area (Å²) in [6, 6.07) is 7.88. The molecular formula is C14H16N2O3. The summed E-state index contributed by atoms with van der Waals surface area (Å²) >= 11 is 0. The van der Waals surface area contributed by atoms with Crippen molar-refractivity contribution in [3.8, 4) is 28.8 Å². The maximum atomic E-state index is 5.29. The summed E-state index contributed by atoms with van der Waals surface area (Å²) < 4.78 is 15.6. The second kappa shape index (κ2) is 5.56. The number of aromatic nitrogens is 2. The Bertz CT molecular complexity index is 585. The number of ether oxygens (including phenoxy) is 3. The van der Waals surface area contributed by atoms with Crippen LogP contribution in [-0.2, 0) is 0 Å². The fraction of sp³-hybridized carbons (Fsp3) is 0.286. The minimum absolute atomic E-state index is 0.352. The predicted octanol–water partition coefficient (Wildman–Crippen LogP) is 2.48. The average molecular weight is 260 g/mol. The minimum Gasteiger partial charge on any atom is -0.493 e. The van der Waals surface area contributed by atoms with Crippen molar-refractivity contribution in [3.05, 3.63) is 30.0 Å². The number of nitrogens with zero attached hydrogens (tertiary/aromatic N) is 2. The van der Waals surface area contributed by atoms with Crippen molar-refractivity contribution in [2.24, 2.45) is 0 Å². The molecule has 0 aliphatic carbocycles. The molecule has 0 unspecified atom stereocenters. The first-order valence-electron chi connectivity index (χ1n) is 5.80. The molecule has 19 heavy (non-hydrogen) atoms. The van der Waals surface area contributed by atoms with Crippen molar-refractivity contribution in [1.29, 1.82) is 0 Å². The molecule has 0 bridgehead atoms. The fourth-order valence-electron chi connectivity index (χ4n) is 1.78. The van der Waals surface area contributed by atoms with Gasteiger partial charge in [0.25, 0.3) is 0 Å². The summed E-state index contributed by atoms with van der Waals surface area (Å²) in [6.45, 7) is 1.90. The van der Waals surface area contributed by atoms with Gasteiger partial charge in [-0.15, -0.1) is 0 Å². The Hall–Kier alpha value is -2.30. The molecule has 5 nitrogen and oxygen atoms in total. The molecule has 0 spiro atoms. The van der Waals surface area contributed by atoms with Crippen LogP contribution in [0.15, 0.2) is 24.3 Å². The van der Waals surface area contributed by atoms with Crippen LogP contribution in [0.4, 0.5) is 0 Å². The summed E-state index contributed by atoms with van der Waals surface area (Å²) in [7, 11) is 4.76. The highest BCUT2D eigenvalue weighted by atomic mass is 16.5. The van der Waals surface area contributed by atoms with Crippen molar-refractivity contribution in [1.82, 2.24) is 9.97 Å². The van der Waals surface area contributed by atoms with Gasteiger partial charge in [-0.3, -0.25) is 0 Å². The number of methoxy groups -OCH3 is 3. The molecule has 2 rings (SSSR count). The summed E-state index contributed by atoms with van der Waals surface area (Å²) in [5, 5.41) is 0. The van der Waals surface area contributed by atoms with Crippen LogP contribution >= 0.6 is 0 Å². The van der Waals surface area contributed by atoms with Crippen molar-refractivity contribution >= 4 is 0 Å². The summed E-state index contributed by atoms with van der Waals surface area (Å²) in [5.41, 5.74) is 2.54. The summed E-state index contributed by atoms with van der Waals surface area (Å²) in [4.78, 5) is 8.49. The topological polar surface area (TPSA) is 53.5 Å². The molecule has 2 aromatic rings. The maximum Gasteiger partial charge on any atom is 0.316 e. The second-order valence-electron chi connectivity index (χ2n) is 3.95. The first-order valence-corrected chi connectivity index (χ1v) is 5.80. The van der Waals surface area contributed by atoms with Crippen LogP contribution in [0.2, 0.25) is 0 Å². The third kappa shape index (κ3) is 2.76. The van der Waals surface area contributed by atoms with E-state index in [9.17, 15) is 0 Å². The van der Waals surface area contributed by atoms with Crippen LogP contribution in [0, 0.1) is 6.92 Å². The Morgan fingerprint density at radius 1 is 0.842 bits per heavy atom. The van der Waals surface area contributed by atoms with E-state index in [1.807, 2.05) is 31.2 Å². The standard InChI is InChI=1S/C14H16N2O3/c1-9-7-11(16-14(15-9)19-4)10-5-6-12(17-2)13(8-10)18-3/h5-8H,1-4H3. The highest BCUT2D eigenvalue weighted by Crippen LogP contribution is 2.32. The SMILES string of the molecule is COc1nc(C)cc(-c2ccc(OC)c(OC)c2)n1. The zero-order valence-corrected chi connectivity index (χ0v) is 11.4. The lowest BCUT2D eigenvalue weighted by Crippen LogP contribution is -1.97. The van der Waals surface area contributed by atoms with Crippen molar-refractivity contribution in [3.63, 3.8) is 0 Å². The van der Waals surface area contributed by atoms with Crippen molar-refractivity contribution in [2.45, 2.75) is 6.92 Å². The van der Waals surface area contributed by atoms with Crippen molar-refractivity contribution < 1.29 is 14.2 Å². The number of rotatable bonds is 4. The molecule has 0 atom stereocenters. The van der Waals surface area contributed by atoms with Crippen LogP contribution in [0.5, 0.6) is 17.5 Å². The van der Waals surface area contributed by atoms with Gasteiger partial charge in [0.15, 0.2) is 11.5 Å². The molecule has 1 aromatic carbocycles. The zero-order valence-electron chi connectivity index (χ0n) is 11.4. The lowest BCUT2D eigenvalue weighted by Gasteiger charge is -2.10. The van der Waals surface area contributed by atoms with Crippen LogP contribution in [0.3, 0.4) is 0 Å². The van der Waals surface area contributed by atoms with Gasteiger partial charge < -0.3 is 14.2 Å². The van der Waals surface area contributed by atoms with Gasteiger partial charge in [-0.05, 0) is 31.2 Å². The molecule has 0 saturated carbocycles. The molecule has 5 heteroatoms. The van der Waals surface area contributed by atoms with E-state index in [-0.39, 0.29) is 0 Å². The van der Waals surface area contributed by atoms with Gasteiger partial charge in [-0.1, -0.05) is 0 Å². The molecule has 0 saturated heterocycles. The maximum absolute atomic E-state index is 5.29. The van der Waals surface area contributed by atoms with E-state index in [1.54, 1.807) is 21.3 Å². The molecule has 1 heterocycles. The van der Waals surface area contributed by atoms with Gasteiger partial charge in [0.05, 0.1) is 27.0 Å². The van der Waals surface area contributed by atoms with Crippen LogP contribution < -0.4 is 14.2 Å². The Kier molecular flexibility index (Phi) is 3.85. The number of hydrogen-bond donors (Lipinski definition) is 0. The molecule has 0 N–H and O–H groups in total. The quantitative estimate of drug-likeness (QED) is 0.845. The van der Waals surface area contributed by atoms with Crippen LogP contribution in [-0.4, -0.2) is 31.3 Å². The molecule has 0 amide bonds. The molecule has 1 aromatic heterocycles. The number of hydrogen-bond acceptors (Lipinski definition) is 5. The van der Waals surface area contributed by atoms with Gasteiger partial charge in [0.1, 0.15) is 0 Å². The summed E-state index contributed by atoms with van der Waals surface area (Å²) in [5.74, 6) is 1.35. The molecular weight excluding hydrogens is 244 g/mol. The normalized spacial score (nSPS) is 10.1. The van der Waals surface area contributed by atoms with E-state index in [2.05, 4.69) is 9.97 Å². The lowest BCUT2D eigenvalue weighted by atomic mass is 10.1.